The van der Waals surface area contributed by atoms with Gasteiger partial charge >= 0.3 is 0 Å². The maximum atomic E-state index is 5.75. The van der Waals surface area contributed by atoms with E-state index in [9.17, 15) is 0 Å². The van der Waals surface area contributed by atoms with Crippen molar-refractivity contribution in [2.75, 3.05) is 11.4 Å². The first-order valence-electron chi connectivity index (χ1n) is 5.35. The zero-order valence-electron chi connectivity index (χ0n) is 9.63. The number of rotatable bonds is 4. The third kappa shape index (κ3) is 2.95. The minimum absolute atomic E-state index is 0.495. The summed E-state index contributed by atoms with van der Waals surface area (Å²) in [5.74, 6) is 0. The molecular formula is C12H19BrN2. The molecule has 2 nitrogen and oxygen atoms in total. The van der Waals surface area contributed by atoms with Crippen LogP contribution in [0.2, 0.25) is 0 Å². The van der Waals surface area contributed by atoms with Crippen molar-refractivity contribution in [2.24, 2.45) is 5.73 Å². The average molecular weight is 271 g/mol. The molecule has 0 aliphatic carbocycles. The van der Waals surface area contributed by atoms with Gasteiger partial charge in [-0.25, -0.2) is 0 Å². The fraction of sp³-hybridized carbons (Fsp3) is 0.500. The van der Waals surface area contributed by atoms with E-state index in [-0.39, 0.29) is 0 Å². The van der Waals surface area contributed by atoms with Gasteiger partial charge in [-0.05, 0) is 38.5 Å². The number of hydrogen-bond donors (Lipinski definition) is 1. The van der Waals surface area contributed by atoms with Crippen molar-refractivity contribution in [1.82, 2.24) is 0 Å². The zero-order valence-corrected chi connectivity index (χ0v) is 11.2. The second kappa shape index (κ2) is 5.52. The minimum Gasteiger partial charge on any atom is -0.369 e. The Morgan fingerprint density at radius 2 is 2.07 bits per heavy atom. The van der Waals surface area contributed by atoms with Crippen LogP contribution in [0.15, 0.2) is 22.7 Å². The maximum Gasteiger partial charge on any atom is 0.0425 e. The van der Waals surface area contributed by atoms with Gasteiger partial charge in [0.15, 0.2) is 0 Å². The van der Waals surface area contributed by atoms with Gasteiger partial charge in [0.2, 0.25) is 0 Å². The van der Waals surface area contributed by atoms with Crippen molar-refractivity contribution in [1.29, 1.82) is 0 Å². The molecular weight excluding hydrogens is 252 g/mol. The second-order valence-corrected chi connectivity index (χ2v) is 4.77. The molecule has 1 aromatic rings. The number of hydrogen-bond acceptors (Lipinski definition) is 2. The number of halogens is 1. The standard InChI is InChI=1S/C12H19BrN2/c1-4-15(9(2)3)12-7-11(13)6-5-10(12)8-14/h5-7,9H,4,8,14H2,1-3H3. The molecule has 0 aliphatic rings. The SMILES string of the molecule is CCN(c1cc(Br)ccc1CN)C(C)C. The van der Waals surface area contributed by atoms with Crippen molar-refractivity contribution in [2.45, 2.75) is 33.4 Å². The lowest BCUT2D eigenvalue weighted by molar-refractivity contribution is 0.699. The number of nitrogens with two attached hydrogens (primary N) is 1. The Morgan fingerprint density at radius 3 is 2.53 bits per heavy atom. The van der Waals surface area contributed by atoms with E-state index in [1.54, 1.807) is 0 Å². The van der Waals surface area contributed by atoms with Crippen LogP contribution in [-0.2, 0) is 6.54 Å². The highest BCUT2D eigenvalue weighted by Crippen LogP contribution is 2.26. The Morgan fingerprint density at radius 1 is 1.40 bits per heavy atom. The van der Waals surface area contributed by atoms with Crippen molar-refractivity contribution in [3.8, 4) is 0 Å². The molecule has 0 aromatic heterocycles. The molecule has 1 aromatic carbocycles. The summed E-state index contributed by atoms with van der Waals surface area (Å²) >= 11 is 3.50. The highest BCUT2D eigenvalue weighted by atomic mass is 79.9. The first kappa shape index (κ1) is 12.5. The Kier molecular flexibility index (Phi) is 4.61. The molecule has 0 unspecified atom stereocenters. The van der Waals surface area contributed by atoms with Crippen LogP contribution in [-0.4, -0.2) is 12.6 Å². The Hall–Kier alpha value is -0.540. The summed E-state index contributed by atoms with van der Waals surface area (Å²) in [6, 6.07) is 6.77. The van der Waals surface area contributed by atoms with Crippen molar-refractivity contribution >= 4 is 21.6 Å². The summed E-state index contributed by atoms with van der Waals surface area (Å²) in [6.45, 7) is 8.16. The van der Waals surface area contributed by atoms with E-state index in [4.69, 9.17) is 5.73 Å². The molecule has 0 atom stereocenters. The second-order valence-electron chi connectivity index (χ2n) is 3.86. The van der Waals surface area contributed by atoms with Crippen molar-refractivity contribution < 1.29 is 0 Å². The van der Waals surface area contributed by atoms with Crippen LogP contribution in [0.1, 0.15) is 26.3 Å². The Bertz CT molecular complexity index is 323. The maximum absolute atomic E-state index is 5.75. The van der Waals surface area contributed by atoms with E-state index in [1.807, 2.05) is 6.07 Å². The Balaban J connectivity index is 3.13. The van der Waals surface area contributed by atoms with Crippen molar-refractivity contribution in [3.05, 3.63) is 28.2 Å². The fourth-order valence-electron chi connectivity index (χ4n) is 1.79. The average Bonchev–Trinajstić information content (AvgIpc) is 2.18. The first-order valence-corrected chi connectivity index (χ1v) is 6.14. The van der Waals surface area contributed by atoms with Crippen LogP contribution < -0.4 is 10.6 Å². The molecule has 0 bridgehead atoms. The lowest BCUT2D eigenvalue weighted by atomic mass is 10.1. The van der Waals surface area contributed by atoms with Crippen LogP contribution in [0, 0.1) is 0 Å². The van der Waals surface area contributed by atoms with Gasteiger partial charge in [0.05, 0.1) is 0 Å². The lowest BCUT2D eigenvalue weighted by Crippen LogP contribution is -2.31. The van der Waals surface area contributed by atoms with Gasteiger partial charge in [0.25, 0.3) is 0 Å². The van der Waals surface area contributed by atoms with Gasteiger partial charge in [-0.2, -0.15) is 0 Å². The molecule has 0 spiro atoms. The molecule has 2 N–H and O–H groups in total. The van der Waals surface area contributed by atoms with Crippen LogP contribution in [0.4, 0.5) is 5.69 Å². The summed E-state index contributed by atoms with van der Waals surface area (Å²) < 4.78 is 1.11. The smallest absolute Gasteiger partial charge is 0.0425 e. The number of anilines is 1. The van der Waals surface area contributed by atoms with E-state index < -0.39 is 0 Å². The van der Waals surface area contributed by atoms with E-state index >= 15 is 0 Å². The first-order chi connectivity index (χ1) is 7.10. The predicted molar refractivity (Wildman–Crippen MR) is 70.2 cm³/mol. The molecule has 15 heavy (non-hydrogen) atoms. The predicted octanol–water partition coefficient (Wildman–Crippen LogP) is 3.14. The van der Waals surface area contributed by atoms with Gasteiger partial charge in [-0.1, -0.05) is 22.0 Å². The number of benzene rings is 1. The quantitative estimate of drug-likeness (QED) is 0.911. The summed E-state index contributed by atoms with van der Waals surface area (Å²) in [4.78, 5) is 2.35. The largest absolute Gasteiger partial charge is 0.369 e. The number of nitrogens with zero attached hydrogens (tertiary/aromatic N) is 1. The van der Waals surface area contributed by atoms with Gasteiger partial charge in [0.1, 0.15) is 0 Å². The molecule has 0 radical (unpaired) electrons. The lowest BCUT2D eigenvalue weighted by Gasteiger charge is -2.29. The molecule has 0 fully saturated rings. The summed E-state index contributed by atoms with van der Waals surface area (Å²) in [5, 5.41) is 0. The highest BCUT2D eigenvalue weighted by Gasteiger charge is 2.12. The molecule has 3 heteroatoms. The van der Waals surface area contributed by atoms with Crippen LogP contribution in [0.3, 0.4) is 0 Å². The fourth-order valence-corrected chi connectivity index (χ4v) is 2.14. The molecule has 84 valence electrons. The Labute approximate surface area is 101 Å². The van der Waals surface area contributed by atoms with Crippen molar-refractivity contribution in [3.63, 3.8) is 0 Å². The molecule has 0 amide bonds. The van der Waals surface area contributed by atoms with E-state index in [0.29, 0.717) is 12.6 Å². The molecule has 0 heterocycles. The van der Waals surface area contributed by atoms with Gasteiger partial charge < -0.3 is 10.6 Å². The molecule has 0 saturated carbocycles. The van der Waals surface area contributed by atoms with Crippen LogP contribution in [0.25, 0.3) is 0 Å². The summed E-state index contributed by atoms with van der Waals surface area (Å²) in [7, 11) is 0. The van der Waals surface area contributed by atoms with E-state index in [1.165, 1.54) is 11.3 Å². The molecule has 1 rings (SSSR count). The highest BCUT2D eigenvalue weighted by molar-refractivity contribution is 9.10. The minimum atomic E-state index is 0.495. The molecule has 0 aliphatic heterocycles. The van der Waals surface area contributed by atoms with Gasteiger partial charge in [-0.3, -0.25) is 0 Å². The van der Waals surface area contributed by atoms with Gasteiger partial charge in [-0.15, -0.1) is 0 Å². The summed E-state index contributed by atoms with van der Waals surface area (Å²) in [6.07, 6.45) is 0. The van der Waals surface area contributed by atoms with Crippen LogP contribution in [0.5, 0.6) is 0 Å². The van der Waals surface area contributed by atoms with Crippen LogP contribution >= 0.6 is 15.9 Å². The third-order valence-corrected chi connectivity index (χ3v) is 3.03. The zero-order chi connectivity index (χ0) is 11.4. The van der Waals surface area contributed by atoms with Gasteiger partial charge in [0, 0.05) is 29.3 Å². The van der Waals surface area contributed by atoms with E-state index in [2.05, 4.69) is 53.7 Å². The normalized spacial score (nSPS) is 10.8. The third-order valence-electron chi connectivity index (χ3n) is 2.54. The molecule has 0 saturated heterocycles. The topological polar surface area (TPSA) is 29.3 Å². The summed E-state index contributed by atoms with van der Waals surface area (Å²) in [5.41, 5.74) is 8.19. The monoisotopic (exact) mass is 270 g/mol. The van der Waals surface area contributed by atoms with E-state index in [0.717, 1.165) is 11.0 Å².